The van der Waals surface area contributed by atoms with Gasteiger partial charge in [-0.25, -0.2) is 0 Å². The van der Waals surface area contributed by atoms with Crippen LogP contribution in [-0.4, -0.2) is 49.7 Å². The van der Waals surface area contributed by atoms with Gasteiger partial charge in [-0.05, 0) is 81.1 Å². The van der Waals surface area contributed by atoms with Gasteiger partial charge in [-0.2, -0.15) is 0 Å². The molecular formula is C31H51ClO6Si. The van der Waals surface area contributed by atoms with Crippen molar-refractivity contribution in [1.29, 1.82) is 0 Å². The molecule has 0 unspecified atom stereocenters. The van der Waals surface area contributed by atoms with Gasteiger partial charge in [-0.1, -0.05) is 41.5 Å². The summed E-state index contributed by atoms with van der Waals surface area (Å²) in [5, 5.41) is -0.211. The molecule has 0 aromatic rings. The molecule has 8 heteroatoms. The second-order valence-corrected chi connectivity index (χ2v) is 19.7. The van der Waals surface area contributed by atoms with Gasteiger partial charge in [0, 0.05) is 18.3 Å². The molecule has 6 nitrogen and oxygen atoms in total. The van der Waals surface area contributed by atoms with Crippen LogP contribution in [0.25, 0.3) is 0 Å². The lowest BCUT2D eigenvalue weighted by atomic mass is 9.62. The molecule has 0 radical (unpaired) electrons. The third-order valence-corrected chi connectivity index (χ3v) is 15.3. The van der Waals surface area contributed by atoms with E-state index in [0.29, 0.717) is 32.1 Å². The summed E-state index contributed by atoms with van der Waals surface area (Å²) in [4.78, 5) is 38.8. The van der Waals surface area contributed by atoms with Crippen molar-refractivity contribution in [2.45, 2.75) is 136 Å². The van der Waals surface area contributed by atoms with E-state index in [-0.39, 0.29) is 76.5 Å². The largest absolute Gasteiger partial charge is 0.462 e. The molecule has 39 heavy (non-hydrogen) atoms. The molecule has 0 N–H and O–H groups in total. The fraction of sp³-hybridized carbons (Fsp3) is 0.839. The number of esters is 2. The van der Waals surface area contributed by atoms with Crippen LogP contribution >= 0.6 is 11.6 Å². The Labute approximate surface area is 242 Å². The van der Waals surface area contributed by atoms with Crippen LogP contribution in [-0.2, 0) is 28.3 Å². The summed E-state index contributed by atoms with van der Waals surface area (Å²) in [6.45, 7) is 20.8. The summed E-state index contributed by atoms with van der Waals surface area (Å²) in [6.07, 6.45) is 4.60. The minimum absolute atomic E-state index is 0.0471. The van der Waals surface area contributed by atoms with E-state index in [9.17, 15) is 14.4 Å². The number of hydrogen-bond donors (Lipinski definition) is 0. The number of fused-ring (bicyclic) bond motifs is 1. The molecule has 3 aliphatic rings. The third kappa shape index (κ3) is 7.18. The fourth-order valence-electron chi connectivity index (χ4n) is 5.95. The first-order chi connectivity index (χ1) is 17.9. The highest BCUT2D eigenvalue weighted by molar-refractivity contribution is 6.74. The molecule has 1 saturated carbocycles. The molecule has 0 spiro atoms. The lowest BCUT2D eigenvalue weighted by Gasteiger charge is -2.47. The maximum atomic E-state index is 13.1. The molecule has 2 fully saturated rings. The summed E-state index contributed by atoms with van der Waals surface area (Å²) >= 11 is 6.88. The Morgan fingerprint density at radius 3 is 2.33 bits per heavy atom. The first-order valence-electron chi connectivity index (χ1n) is 14.9. The highest BCUT2D eigenvalue weighted by Gasteiger charge is 2.50. The Morgan fingerprint density at radius 2 is 1.74 bits per heavy atom. The van der Waals surface area contributed by atoms with Crippen LogP contribution in [0, 0.1) is 29.1 Å². The maximum absolute atomic E-state index is 13.1. The van der Waals surface area contributed by atoms with Crippen molar-refractivity contribution in [2.24, 2.45) is 29.1 Å². The van der Waals surface area contributed by atoms with Crippen LogP contribution in [0.15, 0.2) is 11.6 Å². The number of alkyl halides is 1. The monoisotopic (exact) mass is 582 g/mol. The second kappa shape index (κ2) is 12.0. The molecule has 3 rings (SSSR count). The van der Waals surface area contributed by atoms with E-state index in [1.807, 2.05) is 27.7 Å². The Morgan fingerprint density at radius 1 is 1.10 bits per heavy atom. The number of allylic oxidation sites excluding steroid dienone is 1. The zero-order valence-corrected chi connectivity index (χ0v) is 27.5. The quantitative estimate of drug-likeness (QED) is 0.170. The lowest BCUT2D eigenvalue weighted by Crippen LogP contribution is -2.49. The Bertz CT molecular complexity index is 967. The minimum atomic E-state index is -2.03. The lowest BCUT2D eigenvalue weighted by molar-refractivity contribution is -0.167. The van der Waals surface area contributed by atoms with Crippen molar-refractivity contribution in [3.05, 3.63) is 11.6 Å². The maximum Gasteiger partial charge on any atom is 0.311 e. The Kier molecular flexibility index (Phi) is 9.92. The van der Waals surface area contributed by atoms with Crippen LogP contribution in [0.5, 0.6) is 0 Å². The molecule has 8 atom stereocenters. The van der Waals surface area contributed by atoms with Crippen LogP contribution in [0.4, 0.5) is 0 Å². The molecule has 2 aliphatic carbocycles. The van der Waals surface area contributed by atoms with Crippen molar-refractivity contribution >= 4 is 37.6 Å². The molecule has 0 bridgehead atoms. The second-order valence-electron chi connectivity index (χ2n) is 14.5. The van der Waals surface area contributed by atoms with Gasteiger partial charge in [0.2, 0.25) is 0 Å². The number of hydrogen-bond acceptors (Lipinski definition) is 6. The summed E-state index contributed by atoms with van der Waals surface area (Å²) in [5.74, 6) is -0.652. The predicted octanol–water partition coefficient (Wildman–Crippen LogP) is 7.24. The van der Waals surface area contributed by atoms with Crippen LogP contribution in [0.1, 0.15) is 93.9 Å². The number of carbonyl (C=O) groups is 3. The van der Waals surface area contributed by atoms with Crippen molar-refractivity contribution < 1.29 is 28.3 Å². The van der Waals surface area contributed by atoms with Gasteiger partial charge in [0.15, 0.2) is 14.1 Å². The average Bonchev–Trinajstić information content (AvgIpc) is 2.81. The number of ether oxygens (including phenoxy) is 2. The highest BCUT2D eigenvalue weighted by atomic mass is 35.5. The van der Waals surface area contributed by atoms with Gasteiger partial charge in [-0.3, -0.25) is 14.4 Å². The van der Waals surface area contributed by atoms with E-state index in [2.05, 4.69) is 40.8 Å². The standard InChI is InChI=1S/C31H51ClO6Si/c1-11-31(7,8)29(35)37-25-14-18(2)28(32)23-17-24(33)19(3)22(27(23)25)13-12-20-15-21(16-26(34)36-20)38-39(9,10)30(4,5)6/h17-22,25,27-28H,11-16H2,1-10H3/t18-,19-,20-,21-,22+,25+,27-,28+/m1/s1. The molecule has 0 aromatic heterocycles. The van der Waals surface area contributed by atoms with Gasteiger partial charge in [0.05, 0.1) is 23.3 Å². The summed E-state index contributed by atoms with van der Waals surface area (Å²) in [6, 6.07) is 0. The minimum Gasteiger partial charge on any atom is -0.462 e. The number of rotatable bonds is 8. The molecule has 222 valence electrons. The van der Waals surface area contributed by atoms with E-state index in [1.54, 1.807) is 6.08 Å². The molecular weight excluding hydrogens is 532 g/mol. The summed E-state index contributed by atoms with van der Waals surface area (Å²) < 4.78 is 18.6. The normalized spacial score (nSPS) is 34.2. The molecule has 1 heterocycles. The Balaban J connectivity index is 1.80. The van der Waals surface area contributed by atoms with E-state index in [4.69, 9.17) is 25.5 Å². The van der Waals surface area contributed by atoms with Crippen molar-refractivity contribution in [1.82, 2.24) is 0 Å². The van der Waals surface area contributed by atoms with Crippen molar-refractivity contribution in [3.63, 3.8) is 0 Å². The van der Waals surface area contributed by atoms with Crippen LogP contribution in [0.3, 0.4) is 0 Å². The third-order valence-electron chi connectivity index (χ3n) is 10.1. The smallest absolute Gasteiger partial charge is 0.311 e. The number of ketones is 1. The summed E-state index contributed by atoms with van der Waals surface area (Å²) in [5.41, 5.74) is 0.321. The van der Waals surface area contributed by atoms with Gasteiger partial charge in [0.25, 0.3) is 0 Å². The molecule has 1 aliphatic heterocycles. The van der Waals surface area contributed by atoms with Crippen molar-refractivity contribution in [3.8, 4) is 0 Å². The average molecular weight is 583 g/mol. The van der Waals surface area contributed by atoms with E-state index < -0.39 is 13.7 Å². The van der Waals surface area contributed by atoms with Gasteiger partial charge in [-0.15, -0.1) is 11.6 Å². The SMILES string of the molecule is CCC(C)(C)C(=O)O[C@H]1C[C@@H](C)[C@H](Cl)C2=CC(=O)[C@H](C)[C@H](CC[C@@H]3C[C@@H](O[Si](C)(C)C(C)(C)C)CC(=O)O3)[C@H]21. The zero-order chi connectivity index (χ0) is 29.5. The topological polar surface area (TPSA) is 78.9 Å². The molecule has 0 amide bonds. The highest BCUT2D eigenvalue weighted by Crippen LogP contribution is 2.49. The number of carbonyl (C=O) groups excluding carboxylic acids is 3. The van der Waals surface area contributed by atoms with E-state index in [0.717, 1.165) is 5.57 Å². The van der Waals surface area contributed by atoms with Crippen LogP contribution < -0.4 is 0 Å². The van der Waals surface area contributed by atoms with Gasteiger partial charge >= 0.3 is 11.9 Å². The van der Waals surface area contributed by atoms with E-state index >= 15 is 0 Å². The molecule has 0 aromatic carbocycles. The zero-order valence-electron chi connectivity index (χ0n) is 25.8. The first kappa shape index (κ1) is 32.3. The van der Waals surface area contributed by atoms with Gasteiger partial charge in [0.1, 0.15) is 12.2 Å². The number of halogens is 1. The number of cyclic esters (lactones) is 1. The van der Waals surface area contributed by atoms with E-state index in [1.165, 1.54) is 0 Å². The summed E-state index contributed by atoms with van der Waals surface area (Å²) in [7, 11) is -2.03. The van der Waals surface area contributed by atoms with Crippen molar-refractivity contribution in [2.75, 3.05) is 0 Å². The van der Waals surface area contributed by atoms with Gasteiger partial charge < -0.3 is 13.9 Å². The van der Waals surface area contributed by atoms with Crippen LogP contribution in [0.2, 0.25) is 18.1 Å². The Hall–Kier alpha value is -1.18. The predicted molar refractivity (Wildman–Crippen MR) is 157 cm³/mol. The molecule has 1 saturated heterocycles. The first-order valence-corrected chi connectivity index (χ1v) is 18.2. The fourth-order valence-corrected chi connectivity index (χ4v) is 7.63.